The fourth-order valence-corrected chi connectivity index (χ4v) is 7.77. The van der Waals surface area contributed by atoms with Gasteiger partial charge in [-0.3, -0.25) is 9.59 Å². The summed E-state index contributed by atoms with van der Waals surface area (Å²) in [5.74, 6) is -1.54. The van der Waals surface area contributed by atoms with Gasteiger partial charge in [0, 0.05) is 36.7 Å². The number of hydrogen-bond donors (Lipinski definition) is 3. The van der Waals surface area contributed by atoms with Crippen molar-refractivity contribution in [1.29, 1.82) is 0 Å². The van der Waals surface area contributed by atoms with Gasteiger partial charge < -0.3 is 29.9 Å². The molecule has 0 unspecified atom stereocenters. The second kappa shape index (κ2) is 19.4. The van der Waals surface area contributed by atoms with Gasteiger partial charge in [0.15, 0.2) is 0 Å². The number of carbonyl (C=O) groups excluding carboxylic acids is 1. The molecule has 0 spiro atoms. The quantitative estimate of drug-likeness (QED) is 0.178. The van der Waals surface area contributed by atoms with Crippen LogP contribution in [0.15, 0.2) is 58.8 Å². The number of carbonyl (C=O) groups is 4. The Morgan fingerprint density at radius 2 is 1.21 bits per heavy atom. The second-order valence-corrected chi connectivity index (χ2v) is 15.2. The lowest BCUT2D eigenvalue weighted by atomic mass is 10.0. The average molecular weight is 823 g/mol. The minimum absolute atomic E-state index is 0.0705. The maximum Gasteiger partial charge on any atom is 0.416 e. The number of amides is 2. The van der Waals surface area contributed by atoms with E-state index in [1.807, 2.05) is 0 Å². The van der Waals surface area contributed by atoms with E-state index in [-0.39, 0.29) is 30.0 Å². The highest BCUT2D eigenvalue weighted by Crippen LogP contribution is 2.31. The molecule has 4 heterocycles. The Bertz CT molecular complexity index is 1930. The molecule has 56 heavy (non-hydrogen) atoms. The molecule has 0 saturated carbocycles. The number of thioether (sulfide) groups is 2. The van der Waals surface area contributed by atoms with Crippen molar-refractivity contribution in [2.24, 2.45) is 0 Å². The molecule has 2 aliphatic rings. The molecule has 6 rings (SSSR count). The highest BCUT2D eigenvalue weighted by Gasteiger charge is 2.30. The van der Waals surface area contributed by atoms with E-state index in [9.17, 15) is 32.3 Å². The first-order valence-electron chi connectivity index (χ1n) is 17.2. The van der Waals surface area contributed by atoms with Crippen molar-refractivity contribution < 1.29 is 52.4 Å². The van der Waals surface area contributed by atoms with Gasteiger partial charge in [-0.15, -0.1) is 10.2 Å². The van der Waals surface area contributed by atoms with E-state index in [2.05, 4.69) is 31.1 Å². The molecule has 0 bridgehead atoms. The van der Waals surface area contributed by atoms with E-state index < -0.39 is 35.9 Å². The van der Waals surface area contributed by atoms with Crippen LogP contribution >= 0.6 is 23.5 Å². The van der Waals surface area contributed by atoms with Crippen LogP contribution in [0.5, 0.6) is 5.75 Å². The van der Waals surface area contributed by atoms with E-state index in [4.69, 9.17) is 20.1 Å². The number of alkyl halides is 3. The third-order valence-corrected chi connectivity index (χ3v) is 11.2. The van der Waals surface area contributed by atoms with E-state index in [0.29, 0.717) is 74.3 Å². The van der Waals surface area contributed by atoms with Gasteiger partial charge in [-0.1, -0.05) is 47.8 Å². The smallest absolute Gasteiger partial charge is 0.416 e. The predicted molar refractivity (Wildman–Crippen MR) is 191 cm³/mol. The second-order valence-electron chi connectivity index (χ2n) is 12.6. The Morgan fingerprint density at radius 3 is 1.71 bits per heavy atom. The Labute approximate surface area is 325 Å². The molecule has 0 atom stereocenters. The van der Waals surface area contributed by atoms with E-state index in [0.717, 1.165) is 23.3 Å². The largest absolute Gasteiger partial charge is 0.481 e. The number of halogens is 3. The van der Waals surface area contributed by atoms with Crippen molar-refractivity contribution in [3.05, 3.63) is 65.2 Å². The molecule has 0 aliphatic carbocycles. The van der Waals surface area contributed by atoms with Crippen molar-refractivity contribution in [3.63, 3.8) is 0 Å². The van der Waals surface area contributed by atoms with Crippen LogP contribution < -0.4 is 4.74 Å². The summed E-state index contributed by atoms with van der Waals surface area (Å²) < 4.78 is 46.3. The molecule has 2 aromatic carbocycles. The third-order valence-electron chi connectivity index (χ3n) is 8.60. The molecule has 0 radical (unpaired) electrons. The van der Waals surface area contributed by atoms with Crippen molar-refractivity contribution >= 4 is 47.6 Å². The van der Waals surface area contributed by atoms with Gasteiger partial charge >= 0.3 is 30.3 Å². The Hall–Kier alpha value is -5.45. The van der Waals surface area contributed by atoms with Crippen LogP contribution in [0.1, 0.15) is 48.8 Å². The zero-order valence-electron chi connectivity index (χ0n) is 29.6. The molecule has 2 aromatic heterocycles. The predicted octanol–water partition coefficient (Wildman–Crippen LogP) is 4.51. The van der Waals surface area contributed by atoms with E-state index in [1.165, 1.54) is 49.9 Å². The third kappa shape index (κ3) is 12.5. The van der Waals surface area contributed by atoms with Crippen LogP contribution in [-0.2, 0) is 35.3 Å². The van der Waals surface area contributed by atoms with E-state index in [1.54, 1.807) is 29.2 Å². The fraction of sp³-hybridized carbons (Fsp3) is 0.455. The summed E-state index contributed by atoms with van der Waals surface area (Å²) in [5.41, 5.74) is 0.939. The number of carboxylic acids is 2. The Balaban J connectivity index is 0.000000265. The SMILES string of the molecule is O=C(O)CCn1nnnc1SC1CCN(C(=O)Oc2ccc(Cc3ccc(C(F)(F)F)cc3)cc2)CC1.O=C(O)Cn1nnnc1SC1CCN(C(=O)O)CC1. The van der Waals surface area contributed by atoms with Crippen molar-refractivity contribution in [1.82, 2.24) is 50.2 Å². The number of aliphatic carboxylic acids is 2. The lowest BCUT2D eigenvalue weighted by molar-refractivity contribution is -0.138. The summed E-state index contributed by atoms with van der Waals surface area (Å²) in [6.45, 7) is 1.88. The number of likely N-dealkylation sites (tertiary alicyclic amines) is 2. The maximum atomic E-state index is 12.7. The molecule has 23 heteroatoms. The minimum atomic E-state index is -4.36. The summed E-state index contributed by atoms with van der Waals surface area (Å²) in [4.78, 5) is 47.8. The number of tetrazole rings is 2. The lowest BCUT2D eigenvalue weighted by Crippen LogP contribution is -2.41. The molecular weight excluding hydrogens is 786 g/mol. The van der Waals surface area contributed by atoms with Crippen LogP contribution in [0.25, 0.3) is 0 Å². The standard InChI is InChI=1S/C24H24F3N5O4S.C9H13N5O4S/c25-24(26,27)18-5-1-16(2-6-18)15-17-3-7-19(8-4-17)36-23(35)31-12-9-20(10-13-31)37-22-28-29-30-32(22)14-11-21(33)34;15-7(16)5-14-8(10-11-12-14)19-6-1-3-13(4-2-6)9(17)18/h1-8,20H,9-15H2,(H,33,34);6H,1-5H2,(H,15,16)(H,17,18). The van der Waals surface area contributed by atoms with Gasteiger partial charge in [0.1, 0.15) is 12.3 Å². The normalized spacial score (nSPS) is 15.2. The molecular formula is C33H37F3N10O8S2. The van der Waals surface area contributed by atoms with Crippen LogP contribution in [0, 0.1) is 0 Å². The van der Waals surface area contributed by atoms with Crippen molar-refractivity contribution in [2.75, 3.05) is 26.2 Å². The minimum Gasteiger partial charge on any atom is -0.481 e. The van der Waals surface area contributed by atoms with Gasteiger partial charge in [-0.05, 0) is 88.4 Å². The number of hydrogen-bond acceptors (Lipinski definition) is 13. The van der Waals surface area contributed by atoms with Gasteiger partial charge in [0.05, 0.1) is 18.5 Å². The first-order chi connectivity index (χ1) is 26.7. The first-order valence-corrected chi connectivity index (χ1v) is 19.0. The number of nitrogens with zero attached hydrogens (tertiary/aromatic N) is 10. The van der Waals surface area contributed by atoms with Gasteiger partial charge in [0.2, 0.25) is 10.3 Å². The van der Waals surface area contributed by atoms with Crippen molar-refractivity contribution in [3.8, 4) is 5.75 Å². The van der Waals surface area contributed by atoms with E-state index >= 15 is 0 Å². The number of piperidine rings is 2. The number of ether oxygens (including phenoxy) is 1. The Kier molecular flexibility index (Phi) is 14.5. The summed E-state index contributed by atoms with van der Waals surface area (Å²) >= 11 is 2.87. The van der Waals surface area contributed by atoms with Crippen molar-refractivity contribution in [2.45, 2.75) is 78.6 Å². The molecule has 2 saturated heterocycles. The highest BCUT2D eigenvalue weighted by molar-refractivity contribution is 8.00. The van der Waals surface area contributed by atoms with Gasteiger partial charge in [0.25, 0.3) is 0 Å². The topological polar surface area (TPSA) is 232 Å². The molecule has 2 fully saturated rings. The fourth-order valence-electron chi connectivity index (χ4n) is 5.64. The first kappa shape index (κ1) is 41.7. The maximum absolute atomic E-state index is 12.7. The molecule has 18 nitrogen and oxygen atoms in total. The number of aromatic nitrogens is 8. The lowest BCUT2D eigenvalue weighted by Gasteiger charge is -2.30. The van der Waals surface area contributed by atoms with Crippen LogP contribution in [0.2, 0.25) is 0 Å². The summed E-state index contributed by atoms with van der Waals surface area (Å²) in [7, 11) is 0. The molecule has 4 aromatic rings. The molecule has 3 N–H and O–H groups in total. The number of benzene rings is 2. The summed E-state index contributed by atoms with van der Waals surface area (Å²) in [6, 6.07) is 11.9. The average Bonchev–Trinajstić information content (AvgIpc) is 3.80. The Morgan fingerprint density at radius 1 is 0.714 bits per heavy atom. The highest BCUT2D eigenvalue weighted by atomic mass is 32.2. The van der Waals surface area contributed by atoms with Gasteiger partial charge in [-0.2, -0.15) is 13.2 Å². The summed E-state index contributed by atoms with van der Waals surface area (Å²) in [5, 5.41) is 50.1. The van der Waals surface area contributed by atoms with Crippen LogP contribution in [0.4, 0.5) is 22.8 Å². The van der Waals surface area contributed by atoms with Crippen LogP contribution in [0.3, 0.4) is 0 Å². The van der Waals surface area contributed by atoms with Crippen LogP contribution in [-0.4, -0.2) is 126 Å². The molecule has 2 aliphatic heterocycles. The van der Waals surface area contributed by atoms with Gasteiger partial charge in [-0.25, -0.2) is 19.0 Å². The zero-order valence-corrected chi connectivity index (χ0v) is 31.2. The number of aryl methyl sites for hydroxylation is 1. The molecule has 2 amide bonds. The number of rotatable bonds is 12. The summed E-state index contributed by atoms with van der Waals surface area (Å²) in [6.07, 6.45) is -2.51. The number of carboxylic acid groups (broad SMARTS) is 3. The zero-order chi connectivity index (χ0) is 40.2. The molecule has 300 valence electrons. The monoisotopic (exact) mass is 822 g/mol.